The van der Waals surface area contributed by atoms with Crippen molar-refractivity contribution in [1.82, 2.24) is 4.98 Å². The van der Waals surface area contributed by atoms with Crippen LogP contribution in [0.15, 0.2) is 0 Å². The fourth-order valence-electron chi connectivity index (χ4n) is 1.49. The first kappa shape index (κ1) is 12.1. The monoisotopic (exact) mass is 188 g/mol. The van der Waals surface area contributed by atoms with E-state index in [0.29, 0.717) is 11.6 Å². The summed E-state index contributed by atoms with van der Waals surface area (Å²) in [5, 5.41) is 6.38. The van der Waals surface area contributed by atoms with E-state index in [1.165, 1.54) is 6.42 Å². The largest absolute Gasteiger partial charge is 0.339 e. The van der Waals surface area contributed by atoms with E-state index < -0.39 is 8.40 Å². The predicted octanol–water partition coefficient (Wildman–Crippen LogP) is 2.21. The maximum Gasteiger partial charge on any atom is 0.201 e. The Morgan fingerprint density at radius 3 is 2.00 bits per heavy atom. The molecule has 3 heteroatoms. The molecule has 0 spiro atoms. The van der Waals surface area contributed by atoms with E-state index in [1.807, 2.05) is 0 Å². The predicted molar refractivity (Wildman–Crippen MR) is 58.4 cm³/mol. The maximum atomic E-state index is 6.38. The van der Waals surface area contributed by atoms with Crippen molar-refractivity contribution in [2.24, 2.45) is 5.40 Å². The van der Waals surface area contributed by atoms with Gasteiger partial charge in [-0.1, -0.05) is 41.0 Å². The number of nitrogens with two attached hydrogens (primary N) is 1. The van der Waals surface area contributed by atoms with Gasteiger partial charge in [-0.05, 0) is 17.6 Å². The van der Waals surface area contributed by atoms with Crippen LogP contribution in [0.5, 0.6) is 0 Å². The molecule has 0 aromatic carbocycles. The Kier molecular flexibility index (Phi) is 5.05. The lowest BCUT2D eigenvalue weighted by atomic mass is 10.4. The van der Waals surface area contributed by atoms with Crippen molar-refractivity contribution in [2.45, 2.75) is 58.7 Å². The smallest absolute Gasteiger partial charge is 0.201 e. The second-order valence-corrected chi connectivity index (χ2v) is 8.06. The van der Waals surface area contributed by atoms with Crippen LogP contribution in [0, 0.1) is 0 Å². The van der Waals surface area contributed by atoms with Crippen molar-refractivity contribution in [2.75, 3.05) is 0 Å². The van der Waals surface area contributed by atoms with Crippen molar-refractivity contribution in [3.63, 3.8) is 0 Å². The molecule has 3 N–H and O–H groups in total. The first-order valence-corrected chi connectivity index (χ1v) is 7.39. The molecule has 0 aromatic rings. The number of hydrogen-bond acceptors (Lipinski definition) is 2. The molecule has 2 unspecified atom stereocenters. The highest BCUT2D eigenvalue weighted by molar-refractivity contribution is 6.75. The molecule has 74 valence electrons. The molecule has 0 heterocycles. The molecule has 2 nitrogen and oxygen atoms in total. The van der Waals surface area contributed by atoms with Gasteiger partial charge in [0.25, 0.3) is 0 Å². The highest BCUT2D eigenvalue weighted by Crippen LogP contribution is 2.21. The molecule has 0 aliphatic carbocycles. The molecular formula is C9H24N2Si. The first-order valence-electron chi connectivity index (χ1n) is 5.02. The zero-order valence-electron chi connectivity index (χ0n) is 9.15. The summed E-state index contributed by atoms with van der Waals surface area (Å²) >= 11 is 0. The van der Waals surface area contributed by atoms with Gasteiger partial charge in [0.1, 0.15) is 0 Å². The van der Waals surface area contributed by atoms with Crippen LogP contribution >= 0.6 is 0 Å². The van der Waals surface area contributed by atoms with Crippen molar-refractivity contribution < 1.29 is 0 Å². The highest BCUT2D eigenvalue weighted by Gasteiger charge is 2.32. The van der Waals surface area contributed by atoms with Crippen LogP contribution in [0.1, 0.15) is 41.0 Å². The first-order chi connectivity index (χ1) is 5.46. The summed E-state index contributed by atoms with van der Waals surface area (Å²) in [6.45, 7) is 11.0. The molecule has 12 heavy (non-hydrogen) atoms. The Morgan fingerprint density at radius 1 is 1.25 bits per heavy atom. The minimum atomic E-state index is -1.64. The summed E-state index contributed by atoms with van der Waals surface area (Å²) < 4.78 is 0. The molecule has 0 aliphatic rings. The van der Waals surface area contributed by atoms with Gasteiger partial charge in [0.15, 0.2) is 0 Å². The Balaban J connectivity index is 4.22. The van der Waals surface area contributed by atoms with Gasteiger partial charge in [0, 0.05) is 0 Å². The Bertz CT molecular complexity index is 128. The van der Waals surface area contributed by atoms with Gasteiger partial charge < -0.3 is 10.4 Å². The summed E-state index contributed by atoms with van der Waals surface area (Å²) in [4.78, 5) is 3.57. The summed E-state index contributed by atoms with van der Waals surface area (Å²) in [5.41, 5.74) is 0.671. The zero-order valence-corrected chi connectivity index (χ0v) is 10.1. The highest BCUT2D eigenvalue weighted by atomic mass is 28.3. The lowest BCUT2D eigenvalue weighted by Gasteiger charge is -2.34. The molecule has 0 saturated carbocycles. The van der Waals surface area contributed by atoms with E-state index >= 15 is 0 Å². The van der Waals surface area contributed by atoms with E-state index in [0.717, 1.165) is 6.04 Å². The van der Waals surface area contributed by atoms with E-state index in [-0.39, 0.29) is 0 Å². The molecule has 0 bridgehead atoms. The molecule has 0 rings (SSSR count). The zero-order chi connectivity index (χ0) is 9.78. The summed E-state index contributed by atoms with van der Waals surface area (Å²) in [5.74, 6) is 0. The van der Waals surface area contributed by atoms with Gasteiger partial charge in [0.05, 0.1) is 0 Å². The summed E-state index contributed by atoms with van der Waals surface area (Å²) in [6, 6.07) is 1.65. The second-order valence-electron chi connectivity index (χ2n) is 4.00. The van der Waals surface area contributed by atoms with E-state index in [2.05, 4.69) is 39.6 Å². The topological polar surface area (TPSA) is 38.0 Å². The molecular weight excluding hydrogens is 164 g/mol. The standard InChI is InChI=1S/C9H24N2Si/c1-6-9(5)12(10,7-2)11-8(3)4/h8-9,11H,6-7,10H2,1-5H3. The Hall–Kier alpha value is 0.137. The van der Waals surface area contributed by atoms with Gasteiger partial charge >= 0.3 is 0 Å². The third kappa shape index (κ3) is 3.25. The van der Waals surface area contributed by atoms with E-state index in [1.54, 1.807) is 0 Å². The molecule has 0 amide bonds. The molecule has 0 radical (unpaired) electrons. The molecule has 0 saturated heterocycles. The van der Waals surface area contributed by atoms with Gasteiger partial charge in [-0.15, -0.1) is 0 Å². The van der Waals surface area contributed by atoms with E-state index in [9.17, 15) is 0 Å². The SMILES string of the molecule is CCC(C)[Si](N)(CC)NC(C)C. The molecule has 0 aliphatic heterocycles. The average molecular weight is 188 g/mol. The van der Waals surface area contributed by atoms with Crippen molar-refractivity contribution in [1.29, 1.82) is 0 Å². The van der Waals surface area contributed by atoms with Crippen LogP contribution in [0.25, 0.3) is 0 Å². The van der Waals surface area contributed by atoms with Crippen molar-refractivity contribution >= 4 is 8.40 Å². The minimum Gasteiger partial charge on any atom is -0.339 e. The molecule has 2 atom stereocenters. The van der Waals surface area contributed by atoms with Crippen LogP contribution in [0.4, 0.5) is 0 Å². The Morgan fingerprint density at radius 2 is 1.75 bits per heavy atom. The normalized spacial score (nSPS) is 19.2. The summed E-state index contributed by atoms with van der Waals surface area (Å²) in [6.07, 6.45) is 1.19. The van der Waals surface area contributed by atoms with Gasteiger partial charge in [-0.3, -0.25) is 0 Å². The van der Waals surface area contributed by atoms with Crippen LogP contribution in [-0.4, -0.2) is 14.4 Å². The number of hydrogen-bond donors (Lipinski definition) is 2. The average Bonchev–Trinajstić information content (AvgIpc) is 2.01. The summed E-state index contributed by atoms with van der Waals surface area (Å²) in [7, 11) is -1.64. The van der Waals surface area contributed by atoms with Crippen molar-refractivity contribution in [3.05, 3.63) is 0 Å². The molecule has 0 fully saturated rings. The van der Waals surface area contributed by atoms with Gasteiger partial charge in [0.2, 0.25) is 8.40 Å². The Labute approximate surface area is 78.1 Å². The van der Waals surface area contributed by atoms with Gasteiger partial charge in [-0.25, -0.2) is 0 Å². The van der Waals surface area contributed by atoms with Crippen molar-refractivity contribution in [3.8, 4) is 0 Å². The van der Waals surface area contributed by atoms with Crippen LogP contribution in [0.2, 0.25) is 11.6 Å². The fourth-order valence-corrected chi connectivity index (χ4v) is 4.48. The number of rotatable bonds is 5. The van der Waals surface area contributed by atoms with E-state index in [4.69, 9.17) is 5.40 Å². The fraction of sp³-hybridized carbons (Fsp3) is 1.00. The quantitative estimate of drug-likeness (QED) is 0.649. The third-order valence-electron chi connectivity index (χ3n) is 2.63. The van der Waals surface area contributed by atoms with Crippen LogP contribution in [-0.2, 0) is 0 Å². The maximum absolute atomic E-state index is 6.38. The minimum absolute atomic E-state index is 0.524. The van der Waals surface area contributed by atoms with Crippen LogP contribution < -0.4 is 10.4 Å². The molecule has 0 aromatic heterocycles. The third-order valence-corrected chi connectivity index (χ3v) is 7.09. The van der Waals surface area contributed by atoms with Crippen LogP contribution in [0.3, 0.4) is 0 Å². The number of nitrogens with one attached hydrogen (secondary N) is 1. The van der Waals surface area contributed by atoms with Gasteiger partial charge in [-0.2, -0.15) is 0 Å². The lowest BCUT2D eigenvalue weighted by Crippen LogP contribution is -2.63. The lowest BCUT2D eigenvalue weighted by molar-refractivity contribution is 0.683. The second kappa shape index (κ2) is 4.99.